The van der Waals surface area contributed by atoms with Crippen molar-refractivity contribution in [2.45, 2.75) is 0 Å². The topological polar surface area (TPSA) is 54.9 Å². The Kier molecular flexibility index (Phi) is 3.59. The molecule has 0 atom stereocenters. The van der Waals surface area contributed by atoms with Gasteiger partial charge in [-0.05, 0) is 29.8 Å². The Morgan fingerprint density at radius 1 is 0.958 bits per heavy atom. The van der Waals surface area contributed by atoms with E-state index in [4.69, 9.17) is 11.6 Å². The van der Waals surface area contributed by atoms with E-state index in [2.05, 4.69) is 4.98 Å². The number of nitrogens with one attached hydrogen (secondary N) is 1. The molecule has 0 aliphatic rings. The highest BCUT2D eigenvalue weighted by atomic mass is 35.5. The minimum atomic E-state index is -0.476. The second-order valence-electron chi connectivity index (χ2n) is 5.27. The predicted molar refractivity (Wildman–Crippen MR) is 98.5 cm³/mol. The van der Waals surface area contributed by atoms with Gasteiger partial charge in [-0.15, -0.1) is 11.3 Å². The third-order valence-electron chi connectivity index (χ3n) is 3.71. The van der Waals surface area contributed by atoms with E-state index in [0.717, 1.165) is 15.0 Å². The van der Waals surface area contributed by atoms with Gasteiger partial charge in [-0.25, -0.2) is 9.36 Å². The number of benzene rings is 2. The quantitative estimate of drug-likeness (QED) is 0.590. The molecule has 4 nitrogen and oxygen atoms in total. The van der Waals surface area contributed by atoms with E-state index >= 15 is 0 Å². The van der Waals surface area contributed by atoms with Crippen molar-refractivity contribution in [3.05, 3.63) is 86.5 Å². The Labute approximate surface area is 145 Å². The van der Waals surface area contributed by atoms with Crippen LogP contribution >= 0.6 is 22.9 Å². The van der Waals surface area contributed by atoms with Crippen molar-refractivity contribution in [3.63, 3.8) is 0 Å². The standard InChI is InChI=1S/C18H11ClN2O2S/c19-12-7-4-8-13(9-12)21-17(22)14-10-15(11-5-2-1-3-6-11)24-16(14)20-18(21)23/h1-10H,(H,20,23). The average molecular weight is 355 g/mol. The van der Waals surface area contributed by atoms with Crippen LogP contribution in [0.25, 0.3) is 26.3 Å². The van der Waals surface area contributed by atoms with Crippen LogP contribution in [-0.4, -0.2) is 9.55 Å². The molecule has 0 bridgehead atoms. The van der Waals surface area contributed by atoms with E-state index in [1.165, 1.54) is 11.3 Å². The fraction of sp³-hybridized carbons (Fsp3) is 0. The molecule has 0 fully saturated rings. The first-order valence-electron chi connectivity index (χ1n) is 7.24. The van der Waals surface area contributed by atoms with Gasteiger partial charge in [0.15, 0.2) is 0 Å². The van der Waals surface area contributed by atoms with Crippen LogP contribution in [0.4, 0.5) is 0 Å². The molecule has 2 aromatic carbocycles. The van der Waals surface area contributed by atoms with Gasteiger partial charge in [-0.3, -0.25) is 9.78 Å². The summed E-state index contributed by atoms with van der Waals surface area (Å²) in [6.45, 7) is 0. The van der Waals surface area contributed by atoms with Crippen molar-refractivity contribution < 1.29 is 0 Å². The Hall–Kier alpha value is -2.63. The average Bonchev–Trinajstić information content (AvgIpc) is 3.00. The van der Waals surface area contributed by atoms with Gasteiger partial charge in [0.2, 0.25) is 0 Å². The minimum Gasteiger partial charge on any atom is -0.298 e. The van der Waals surface area contributed by atoms with E-state index in [1.54, 1.807) is 24.3 Å². The molecule has 4 aromatic rings. The molecule has 4 rings (SSSR count). The number of aromatic nitrogens is 2. The highest BCUT2D eigenvalue weighted by Crippen LogP contribution is 2.30. The Morgan fingerprint density at radius 2 is 1.75 bits per heavy atom. The minimum absolute atomic E-state index is 0.352. The van der Waals surface area contributed by atoms with Crippen molar-refractivity contribution in [3.8, 4) is 16.1 Å². The van der Waals surface area contributed by atoms with Crippen LogP contribution in [0, 0.1) is 0 Å². The summed E-state index contributed by atoms with van der Waals surface area (Å²) in [5.41, 5.74) is 0.627. The fourth-order valence-electron chi connectivity index (χ4n) is 2.60. The summed E-state index contributed by atoms with van der Waals surface area (Å²) in [4.78, 5) is 29.5. The normalized spacial score (nSPS) is 11.0. The van der Waals surface area contributed by atoms with Gasteiger partial charge < -0.3 is 0 Å². The molecule has 0 saturated heterocycles. The summed E-state index contributed by atoms with van der Waals surface area (Å²) in [5.74, 6) is 0. The van der Waals surface area contributed by atoms with Gasteiger partial charge in [0.25, 0.3) is 5.56 Å². The molecule has 0 amide bonds. The van der Waals surface area contributed by atoms with Crippen LogP contribution in [0.2, 0.25) is 5.02 Å². The number of fused-ring (bicyclic) bond motifs is 1. The largest absolute Gasteiger partial charge is 0.334 e. The lowest BCUT2D eigenvalue weighted by molar-refractivity contribution is 0.904. The zero-order chi connectivity index (χ0) is 16.7. The van der Waals surface area contributed by atoms with E-state index in [9.17, 15) is 9.59 Å². The first-order valence-corrected chi connectivity index (χ1v) is 8.43. The highest BCUT2D eigenvalue weighted by molar-refractivity contribution is 7.21. The molecule has 118 valence electrons. The number of H-pyrrole nitrogens is 1. The van der Waals surface area contributed by atoms with Crippen LogP contribution in [-0.2, 0) is 0 Å². The molecule has 24 heavy (non-hydrogen) atoms. The number of halogens is 1. The molecule has 0 saturated carbocycles. The number of thiophene rings is 1. The van der Waals surface area contributed by atoms with Gasteiger partial charge in [0.05, 0.1) is 11.1 Å². The van der Waals surface area contributed by atoms with Crippen molar-refractivity contribution in [2.24, 2.45) is 0 Å². The van der Waals surface area contributed by atoms with Crippen molar-refractivity contribution in [2.75, 3.05) is 0 Å². The van der Waals surface area contributed by atoms with E-state index < -0.39 is 5.69 Å². The molecule has 2 heterocycles. The zero-order valence-electron chi connectivity index (χ0n) is 12.3. The molecule has 0 aliphatic carbocycles. The fourth-order valence-corrected chi connectivity index (χ4v) is 3.83. The summed E-state index contributed by atoms with van der Waals surface area (Å²) in [5, 5.41) is 0.951. The van der Waals surface area contributed by atoms with E-state index in [-0.39, 0.29) is 5.56 Å². The van der Waals surface area contributed by atoms with Crippen molar-refractivity contribution >= 4 is 33.2 Å². The van der Waals surface area contributed by atoms with Gasteiger partial charge in [0, 0.05) is 9.90 Å². The molecule has 6 heteroatoms. The first kappa shape index (κ1) is 14.9. The van der Waals surface area contributed by atoms with Crippen molar-refractivity contribution in [1.29, 1.82) is 0 Å². The Bertz CT molecular complexity index is 1160. The maximum atomic E-state index is 12.8. The van der Waals surface area contributed by atoms with E-state index in [1.807, 2.05) is 36.4 Å². The van der Waals surface area contributed by atoms with Gasteiger partial charge in [0.1, 0.15) is 4.83 Å². The lowest BCUT2D eigenvalue weighted by Gasteiger charge is -2.04. The predicted octanol–water partition coefficient (Wildman–Crippen LogP) is 4.06. The molecule has 1 N–H and O–H groups in total. The second kappa shape index (κ2) is 5.78. The number of nitrogens with zero attached hydrogens (tertiary/aromatic N) is 1. The third-order valence-corrected chi connectivity index (χ3v) is 5.05. The number of hydrogen-bond acceptors (Lipinski definition) is 3. The Morgan fingerprint density at radius 3 is 2.50 bits per heavy atom. The molecular formula is C18H11ClN2O2S. The zero-order valence-corrected chi connectivity index (χ0v) is 13.9. The summed E-state index contributed by atoms with van der Waals surface area (Å²) >= 11 is 7.37. The number of aromatic amines is 1. The molecule has 0 spiro atoms. The second-order valence-corrected chi connectivity index (χ2v) is 6.76. The SMILES string of the molecule is O=c1[nH]c2sc(-c3ccccc3)cc2c(=O)n1-c1cccc(Cl)c1. The summed E-state index contributed by atoms with van der Waals surface area (Å²) in [6, 6.07) is 18.2. The summed E-state index contributed by atoms with van der Waals surface area (Å²) in [7, 11) is 0. The van der Waals surface area contributed by atoms with Gasteiger partial charge in [-0.1, -0.05) is 48.0 Å². The van der Waals surface area contributed by atoms with Crippen LogP contribution in [0.5, 0.6) is 0 Å². The maximum absolute atomic E-state index is 12.8. The molecule has 0 unspecified atom stereocenters. The molecule has 2 aromatic heterocycles. The lowest BCUT2D eigenvalue weighted by Crippen LogP contribution is -2.33. The summed E-state index contributed by atoms with van der Waals surface area (Å²) < 4.78 is 1.11. The monoisotopic (exact) mass is 354 g/mol. The first-order chi connectivity index (χ1) is 11.6. The molecule has 0 radical (unpaired) electrons. The van der Waals surface area contributed by atoms with Gasteiger partial charge in [-0.2, -0.15) is 0 Å². The molecular weight excluding hydrogens is 344 g/mol. The van der Waals surface area contributed by atoms with Crippen LogP contribution in [0.1, 0.15) is 0 Å². The molecule has 0 aliphatic heterocycles. The van der Waals surface area contributed by atoms with Crippen molar-refractivity contribution in [1.82, 2.24) is 9.55 Å². The third kappa shape index (κ3) is 2.48. The van der Waals surface area contributed by atoms with Crippen LogP contribution in [0.15, 0.2) is 70.3 Å². The number of rotatable bonds is 2. The highest BCUT2D eigenvalue weighted by Gasteiger charge is 2.13. The maximum Gasteiger partial charge on any atom is 0.334 e. The Balaban J connectivity index is 1.98. The van der Waals surface area contributed by atoms with E-state index in [0.29, 0.717) is 20.9 Å². The smallest absolute Gasteiger partial charge is 0.298 e. The van der Waals surface area contributed by atoms with Crippen LogP contribution < -0.4 is 11.2 Å². The number of hydrogen-bond donors (Lipinski definition) is 1. The summed E-state index contributed by atoms with van der Waals surface area (Å²) in [6.07, 6.45) is 0. The van der Waals surface area contributed by atoms with Gasteiger partial charge >= 0.3 is 5.69 Å². The lowest BCUT2D eigenvalue weighted by atomic mass is 10.2. The van der Waals surface area contributed by atoms with Crippen LogP contribution in [0.3, 0.4) is 0 Å².